The van der Waals surface area contributed by atoms with E-state index in [9.17, 15) is 29.8 Å². The molecule has 1 heterocycles. The lowest BCUT2D eigenvalue weighted by Crippen LogP contribution is -2.37. The van der Waals surface area contributed by atoms with Crippen LogP contribution in [0.2, 0.25) is 5.02 Å². The van der Waals surface area contributed by atoms with E-state index in [1.54, 1.807) is 12.1 Å². The van der Waals surface area contributed by atoms with Gasteiger partial charge in [0, 0.05) is 27.6 Å². The number of nitro groups is 2. The highest BCUT2D eigenvalue weighted by Crippen LogP contribution is 2.35. The van der Waals surface area contributed by atoms with E-state index in [1.807, 2.05) is 0 Å². The van der Waals surface area contributed by atoms with E-state index in [4.69, 9.17) is 11.6 Å². The summed E-state index contributed by atoms with van der Waals surface area (Å²) in [6.07, 6.45) is 0. The quantitative estimate of drug-likeness (QED) is 0.449. The van der Waals surface area contributed by atoms with Crippen LogP contribution >= 0.6 is 11.6 Å². The van der Waals surface area contributed by atoms with Gasteiger partial charge in [-0.2, -0.15) is 0 Å². The van der Waals surface area contributed by atoms with Crippen molar-refractivity contribution in [3.8, 4) is 0 Å². The maximum absolute atomic E-state index is 12.7. The van der Waals surface area contributed by atoms with E-state index in [0.717, 1.165) is 17.0 Å². The van der Waals surface area contributed by atoms with Crippen LogP contribution in [-0.2, 0) is 0 Å². The van der Waals surface area contributed by atoms with E-state index >= 15 is 0 Å². The molecule has 26 heavy (non-hydrogen) atoms. The van der Waals surface area contributed by atoms with Gasteiger partial charge in [-0.1, -0.05) is 29.8 Å². The van der Waals surface area contributed by atoms with Crippen LogP contribution in [0.1, 0.15) is 32.3 Å². The molecule has 0 saturated carbocycles. The van der Waals surface area contributed by atoms with Crippen molar-refractivity contribution < 1.29 is 19.4 Å². The number of carbonyl (C=O) groups excluding carboxylic acids is 2. The molecule has 2 aromatic rings. The van der Waals surface area contributed by atoms with Crippen LogP contribution in [0.4, 0.5) is 5.69 Å². The van der Waals surface area contributed by atoms with Crippen molar-refractivity contribution in [2.24, 2.45) is 0 Å². The SMILES string of the molecule is O=C1c2ccc([N+](=O)[O-])cc2C(=O)N1C(C[N+](=O)[O-])c1ccccc1Cl. The first-order chi connectivity index (χ1) is 12.3. The molecule has 0 fully saturated rings. The number of fused-ring (bicyclic) bond motifs is 1. The third kappa shape index (κ3) is 2.88. The van der Waals surface area contributed by atoms with Crippen molar-refractivity contribution in [1.82, 2.24) is 4.90 Å². The van der Waals surface area contributed by atoms with Crippen LogP contribution in [-0.4, -0.2) is 33.1 Å². The molecule has 0 radical (unpaired) electrons. The molecule has 10 heteroatoms. The van der Waals surface area contributed by atoms with Crippen molar-refractivity contribution in [2.45, 2.75) is 6.04 Å². The maximum atomic E-state index is 12.7. The highest BCUT2D eigenvalue weighted by atomic mass is 35.5. The first-order valence-corrected chi connectivity index (χ1v) is 7.71. The first-order valence-electron chi connectivity index (χ1n) is 7.34. The number of nitrogens with zero attached hydrogens (tertiary/aromatic N) is 3. The topological polar surface area (TPSA) is 124 Å². The molecule has 2 aromatic carbocycles. The van der Waals surface area contributed by atoms with Gasteiger partial charge in [-0.05, 0) is 12.1 Å². The van der Waals surface area contributed by atoms with Gasteiger partial charge in [-0.25, -0.2) is 0 Å². The summed E-state index contributed by atoms with van der Waals surface area (Å²) >= 11 is 6.09. The molecular formula is C16H10ClN3O6. The minimum absolute atomic E-state index is 0.0407. The Kier molecular flexibility index (Phi) is 4.39. The molecule has 0 aliphatic carbocycles. The summed E-state index contributed by atoms with van der Waals surface area (Å²) in [6, 6.07) is 8.21. The summed E-state index contributed by atoms with van der Waals surface area (Å²) in [7, 11) is 0. The molecular weight excluding hydrogens is 366 g/mol. The minimum Gasteiger partial charge on any atom is -0.269 e. The molecule has 0 aromatic heterocycles. The van der Waals surface area contributed by atoms with Crippen LogP contribution in [0.15, 0.2) is 42.5 Å². The number of hydrogen-bond donors (Lipinski definition) is 0. The molecule has 0 bridgehead atoms. The Morgan fingerprint density at radius 2 is 1.65 bits per heavy atom. The lowest BCUT2D eigenvalue weighted by Gasteiger charge is -2.24. The molecule has 2 amide bonds. The molecule has 9 nitrogen and oxygen atoms in total. The summed E-state index contributed by atoms with van der Waals surface area (Å²) in [5.41, 5.74) is -0.309. The smallest absolute Gasteiger partial charge is 0.269 e. The van der Waals surface area contributed by atoms with Gasteiger partial charge in [0.05, 0.1) is 16.1 Å². The lowest BCUT2D eigenvalue weighted by molar-refractivity contribution is -0.486. The van der Waals surface area contributed by atoms with Crippen molar-refractivity contribution in [1.29, 1.82) is 0 Å². The molecule has 132 valence electrons. The zero-order chi connectivity index (χ0) is 19.0. The Hall–Kier alpha value is -3.33. The summed E-state index contributed by atoms with van der Waals surface area (Å²) in [5, 5.41) is 22.2. The Labute approximate surface area is 151 Å². The Balaban J connectivity index is 2.09. The normalized spacial score (nSPS) is 14.3. The zero-order valence-corrected chi connectivity index (χ0v) is 13.8. The number of nitro benzene ring substituents is 1. The van der Waals surface area contributed by atoms with Crippen molar-refractivity contribution >= 4 is 29.1 Å². The second-order valence-electron chi connectivity index (χ2n) is 5.52. The van der Waals surface area contributed by atoms with Crippen LogP contribution in [0, 0.1) is 20.2 Å². The summed E-state index contributed by atoms with van der Waals surface area (Å²) in [5.74, 6) is -1.59. The minimum atomic E-state index is -1.23. The van der Waals surface area contributed by atoms with Crippen LogP contribution in [0.5, 0.6) is 0 Å². The predicted molar refractivity (Wildman–Crippen MR) is 89.7 cm³/mol. The van der Waals surface area contributed by atoms with Crippen molar-refractivity contribution in [3.63, 3.8) is 0 Å². The summed E-state index contributed by atoms with van der Waals surface area (Å²) < 4.78 is 0. The molecule has 1 atom stereocenters. The van der Waals surface area contributed by atoms with Crippen molar-refractivity contribution in [3.05, 3.63) is 84.4 Å². The van der Waals surface area contributed by atoms with E-state index in [1.165, 1.54) is 18.2 Å². The number of rotatable bonds is 5. The fraction of sp³-hybridized carbons (Fsp3) is 0.125. The second-order valence-corrected chi connectivity index (χ2v) is 5.93. The fourth-order valence-electron chi connectivity index (χ4n) is 2.85. The largest absolute Gasteiger partial charge is 0.270 e. The Morgan fingerprint density at radius 3 is 2.27 bits per heavy atom. The molecule has 0 N–H and O–H groups in total. The van der Waals surface area contributed by atoms with Gasteiger partial charge in [-0.15, -0.1) is 0 Å². The van der Waals surface area contributed by atoms with Gasteiger partial charge >= 0.3 is 0 Å². The van der Waals surface area contributed by atoms with Gasteiger partial charge in [0.1, 0.15) is 6.04 Å². The van der Waals surface area contributed by atoms with E-state index in [-0.39, 0.29) is 27.4 Å². The number of non-ortho nitro benzene ring substituents is 1. The highest BCUT2D eigenvalue weighted by molar-refractivity contribution is 6.31. The van der Waals surface area contributed by atoms with E-state index in [2.05, 4.69) is 0 Å². The Morgan fingerprint density at radius 1 is 1.00 bits per heavy atom. The average Bonchev–Trinajstić information content (AvgIpc) is 2.84. The third-order valence-electron chi connectivity index (χ3n) is 4.01. The zero-order valence-electron chi connectivity index (χ0n) is 13.0. The fourth-order valence-corrected chi connectivity index (χ4v) is 3.11. The summed E-state index contributed by atoms with van der Waals surface area (Å²) in [4.78, 5) is 46.8. The number of benzene rings is 2. The first kappa shape index (κ1) is 17.5. The highest BCUT2D eigenvalue weighted by Gasteiger charge is 2.43. The van der Waals surface area contributed by atoms with E-state index < -0.39 is 34.2 Å². The van der Waals surface area contributed by atoms with Gasteiger partial charge in [-0.3, -0.25) is 34.7 Å². The number of amides is 2. The molecule has 0 spiro atoms. The third-order valence-corrected chi connectivity index (χ3v) is 4.35. The molecule has 1 aliphatic heterocycles. The van der Waals surface area contributed by atoms with Gasteiger partial charge < -0.3 is 0 Å². The average molecular weight is 376 g/mol. The monoisotopic (exact) mass is 375 g/mol. The van der Waals surface area contributed by atoms with Gasteiger partial charge in [0.15, 0.2) is 0 Å². The number of carbonyl (C=O) groups is 2. The van der Waals surface area contributed by atoms with Gasteiger partial charge in [0.25, 0.3) is 17.5 Å². The lowest BCUT2D eigenvalue weighted by atomic mass is 10.1. The number of hydrogen-bond acceptors (Lipinski definition) is 6. The number of imide groups is 1. The Bertz CT molecular complexity index is 961. The molecule has 3 rings (SSSR count). The number of halogens is 1. The molecule has 0 saturated heterocycles. The maximum Gasteiger partial charge on any atom is 0.270 e. The standard InChI is InChI=1S/C16H10ClN3O6/c17-13-4-2-1-3-11(13)14(8-18(23)24)19-15(21)10-6-5-9(20(25)26)7-12(10)16(19)22/h1-7,14H,8H2. The second kappa shape index (κ2) is 6.52. The van der Waals surface area contributed by atoms with Crippen LogP contribution in [0.3, 0.4) is 0 Å². The van der Waals surface area contributed by atoms with Gasteiger partial charge in [0.2, 0.25) is 6.54 Å². The summed E-state index contributed by atoms with van der Waals surface area (Å²) in [6.45, 7) is -0.739. The molecule has 1 unspecified atom stereocenters. The van der Waals surface area contributed by atoms with E-state index in [0.29, 0.717) is 0 Å². The van der Waals surface area contributed by atoms with Crippen LogP contribution in [0.25, 0.3) is 0 Å². The van der Waals surface area contributed by atoms with Crippen molar-refractivity contribution in [2.75, 3.05) is 6.54 Å². The predicted octanol–water partition coefficient (Wildman–Crippen LogP) is 2.86. The van der Waals surface area contributed by atoms with Crippen LogP contribution < -0.4 is 0 Å². The molecule has 1 aliphatic rings.